The van der Waals surface area contributed by atoms with Crippen molar-refractivity contribution in [1.29, 1.82) is 5.41 Å². The molecular weight excluding hydrogens is 617 g/mol. The Labute approximate surface area is 269 Å². The highest BCUT2D eigenvalue weighted by molar-refractivity contribution is 6.01. The zero-order valence-electron chi connectivity index (χ0n) is 23.5. The Morgan fingerprint density at radius 3 is 2.37 bits per heavy atom. The number of nitrogens with one attached hydrogen (secondary N) is 3. The van der Waals surface area contributed by atoms with Crippen LogP contribution in [0.25, 0.3) is 10.8 Å². The minimum absolute atomic E-state index is 0. The van der Waals surface area contributed by atoms with Crippen LogP contribution in [0.15, 0.2) is 59.6 Å². The number of esters is 1. The number of hydrogen-bond donors (Lipinski definition) is 5. The fourth-order valence-corrected chi connectivity index (χ4v) is 4.42. The number of benzene rings is 3. The van der Waals surface area contributed by atoms with Gasteiger partial charge in [0.25, 0.3) is 0 Å². The third-order valence-corrected chi connectivity index (χ3v) is 6.53. The second-order valence-corrected chi connectivity index (χ2v) is 9.41. The van der Waals surface area contributed by atoms with Gasteiger partial charge >= 0.3 is 5.97 Å². The van der Waals surface area contributed by atoms with Crippen LogP contribution in [-0.2, 0) is 16.0 Å². The Hall–Kier alpha value is -3.61. The maximum Gasteiger partial charge on any atom is 0.343 e. The summed E-state index contributed by atoms with van der Waals surface area (Å²) in [5.74, 6) is -0.927. The number of aliphatic imine (C=N–C) groups is 1. The molecule has 0 unspecified atom stereocenters. The highest BCUT2D eigenvalue weighted by Crippen LogP contribution is 2.30. The van der Waals surface area contributed by atoms with Gasteiger partial charge in [-0.15, -0.1) is 37.2 Å². The fourth-order valence-electron chi connectivity index (χ4n) is 4.42. The Kier molecular flexibility index (Phi) is 16.4. The number of amidine groups is 1. The minimum Gasteiger partial charge on any atom is -0.423 e. The SMILES string of the molecule is Cl.Cl.Cl.N=C(N)c1ccc2c(CC(N)=O)c(OC(=O)c3ccc(NCN=CNCCCN4CCOCC4)cc3)ccc2c1. The van der Waals surface area contributed by atoms with Crippen LogP contribution in [0.5, 0.6) is 5.75 Å². The number of carbonyl (C=O) groups excluding carboxylic acids is 2. The number of primary amides is 1. The van der Waals surface area contributed by atoms with Crippen LogP contribution in [0.1, 0.15) is 27.9 Å². The predicted octanol–water partition coefficient (Wildman–Crippen LogP) is 3.35. The van der Waals surface area contributed by atoms with E-state index in [0.29, 0.717) is 28.7 Å². The number of morpholine rings is 1. The smallest absolute Gasteiger partial charge is 0.343 e. The number of carbonyl (C=O) groups is 2. The van der Waals surface area contributed by atoms with Gasteiger partial charge in [0, 0.05) is 36.4 Å². The number of nitrogens with zero attached hydrogens (tertiary/aromatic N) is 2. The first-order valence-electron chi connectivity index (χ1n) is 13.2. The van der Waals surface area contributed by atoms with Crippen molar-refractivity contribution in [3.05, 3.63) is 71.3 Å². The van der Waals surface area contributed by atoms with E-state index in [4.69, 9.17) is 26.4 Å². The molecule has 43 heavy (non-hydrogen) atoms. The summed E-state index contributed by atoms with van der Waals surface area (Å²) in [7, 11) is 0. The van der Waals surface area contributed by atoms with Gasteiger partial charge < -0.3 is 31.6 Å². The molecule has 0 atom stereocenters. The van der Waals surface area contributed by atoms with Crippen molar-refractivity contribution < 1.29 is 19.1 Å². The van der Waals surface area contributed by atoms with Crippen molar-refractivity contribution >= 4 is 77.7 Å². The Bertz CT molecular complexity index is 1380. The molecule has 1 heterocycles. The fraction of sp³-hybridized carbons (Fsp3) is 0.310. The van der Waals surface area contributed by atoms with Crippen LogP contribution in [0, 0.1) is 5.41 Å². The van der Waals surface area contributed by atoms with E-state index in [-0.39, 0.29) is 55.2 Å². The van der Waals surface area contributed by atoms with Gasteiger partial charge in [0.2, 0.25) is 5.91 Å². The number of nitrogen functional groups attached to an aromatic ring is 1. The molecule has 0 aromatic heterocycles. The second kappa shape index (κ2) is 18.8. The number of anilines is 1. The van der Waals surface area contributed by atoms with E-state index < -0.39 is 11.9 Å². The van der Waals surface area contributed by atoms with Crippen LogP contribution < -0.4 is 26.8 Å². The lowest BCUT2D eigenvalue weighted by Gasteiger charge is -2.26. The van der Waals surface area contributed by atoms with Gasteiger partial charge in [-0.05, 0) is 60.1 Å². The van der Waals surface area contributed by atoms with E-state index in [1.54, 1.807) is 60.9 Å². The van der Waals surface area contributed by atoms with Crippen LogP contribution in [-0.4, -0.2) is 75.0 Å². The van der Waals surface area contributed by atoms with Gasteiger partial charge in [0.15, 0.2) is 0 Å². The first-order chi connectivity index (χ1) is 19.4. The van der Waals surface area contributed by atoms with Crippen molar-refractivity contribution in [2.24, 2.45) is 16.5 Å². The molecule has 3 aromatic rings. The first kappa shape index (κ1) is 37.4. The van der Waals surface area contributed by atoms with Crippen molar-refractivity contribution in [3.63, 3.8) is 0 Å². The standard InChI is InChI=1S/C29H35N7O4.3ClH/c30-27(37)17-25-24-8-4-22(28(31)32)16-21(24)5-9-26(25)40-29(38)20-2-6-23(7-3-20)35-19-34-18-33-10-1-11-36-12-14-39-15-13-36;;;/h2-9,16,18,35H,1,10-15,17,19H2,(H2,30,37)(H3,31,32)(H,33,34);3*1H. The van der Waals surface area contributed by atoms with E-state index in [0.717, 1.165) is 56.9 Å². The molecule has 0 bridgehead atoms. The highest BCUT2D eigenvalue weighted by atomic mass is 35.5. The quantitative estimate of drug-likeness (QED) is 0.0615. The van der Waals surface area contributed by atoms with Gasteiger partial charge in [0.1, 0.15) is 18.3 Å². The highest BCUT2D eigenvalue weighted by Gasteiger charge is 2.17. The Balaban J connectivity index is 0.00000308. The van der Waals surface area contributed by atoms with Gasteiger partial charge in [0.05, 0.1) is 31.5 Å². The van der Waals surface area contributed by atoms with Gasteiger partial charge in [-0.3, -0.25) is 20.1 Å². The Morgan fingerprint density at radius 1 is 1.00 bits per heavy atom. The molecule has 0 radical (unpaired) electrons. The van der Waals surface area contributed by atoms with Crippen molar-refractivity contribution in [1.82, 2.24) is 10.2 Å². The van der Waals surface area contributed by atoms with Gasteiger partial charge in [-0.2, -0.15) is 0 Å². The van der Waals surface area contributed by atoms with E-state index in [1.165, 1.54) is 0 Å². The first-order valence-corrected chi connectivity index (χ1v) is 13.2. The largest absolute Gasteiger partial charge is 0.423 e. The third-order valence-electron chi connectivity index (χ3n) is 6.53. The lowest BCUT2D eigenvalue weighted by Crippen LogP contribution is -2.37. The zero-order chi connectivity index (χ0) is 28.3. The predicted molar refractivity (Wildman–Crippen MR) is 178 cm³/mol. The topological polar surface area (TPSA) is 168 Å². The normalized spacial score (nSPS) is 12.8. The van der Waals surface area contributed by atoms with Crippen LogP contribution in [0.2, 0.25) is 0 Å². The molecule has 1 saturated heterocycles. The molecule has 3 aromatic carbocycles. The third kappa shape index (κ3) is 11.2. The summed E-state index contributed by atoms with van der Waals surface area (Å²) >= 11 is 0. The summed E-state index contributed by atoms with van der Waals surface area (Å²) in [6, 6.07) is 15.4. The molecule has 0 aliphatic carbocycles. The summed E-state index contributed by atoms with van der Waals surface area (Å²) in [6.45, 7) is 5.92. The number of fused-ring (bicyclic) bond motifs is 1. The number of halogens is 3. The molecular formula is C29H38Cl3N7O4. The molecule has 1 fully saturated rings. The average molecular weight is 655 g/mol. The Morgan fingerprint density at radius 2 is 1.70 bits per heavy atom. The summed E-state index contributed by atoms with van der Waals surface area (Å²) in [4.78, 5) is 31.4. The lowest BCUT2D eigenvalue weighted by molar-refractivity contribution is -0.117. The van der Waals surface area contributed by atoms with Crippen molar-refractivity contribution in [2.45, 2.75) is 12.8 Å². The van der Waals surface area contributed by atoms with Crippen LogP contribution >= 0.6 is 37.2 Å². The van der Waals surface area contributed by atoms with E-state index in [9.17, 15) is 9.59 Å². The molecule has 0 spiro atoms. The van der Waals surface area contributed by atoms with E-state index >= 15 is 0 Å². The maximum absolute atomic E-state index is 12.9. The van der Waals surface area contributed by atoms with Gasteiger partial charge in [-0.25, -0.2) is 4.79 Å². The molecule has 234 valence electrons. The molecule has 11 nitrogen and oxygen atoms in total. The molecule has 4 rings (SSSR count). The summed E-state index contributed by atoms with van der Waals surface area (Å²) in [6.07, 6.45) is 2.64. The minimum atomic E-state index is -0.559. The number of hydrogen-bond acceptors (Lipinski definition) is 8. The number of nitrogens with two attached hydrogens (primary N) is 2. The van der Waals surface area contributed by atoms with Crippen LogP contribution in [0.3, 0.4) is 0 Å². The van der Waals surface area contributed by atoms with E-state index in [1.807, 2.05) is 0 Å². The zero-order valence-corrected chi connectivity index (χ0v) is 26.0. The lowest BCUT2D eigenvalue weighted by atomic mass is 9.98. The number of ether oxygens (including phenoxy) is 2. The molecule has 1 aliphatic heterocycles. The van der Waals surface area contributed by atoms with Crippen LogP contribution in [0.4, 0.5) is 5.69 Å². The second-order valence-electron chi connectivity index (χ2n) is 9.41. The monoisotopic (exact) mass is 653 g/mol. The molecule has 1 aliphatic rings. The molecule has 14 heteroatoms. The summed E-state index contributed by atoms with van der Waals surface area (Å²) in [5.41, 5.74) is 13.3. The summed E-state index contributed by atoms with van der Waals surface area (Å²) < 4.78 is 11.0. The van der Waals surface area contributed by atoms with Crippen molar-refractivity contribution in [3.8, 4) is 5.75 Å². The van der Waals surface area contributed by atoms with Crippen molar-refractivity contribution in [2.75, 3.05) is 51.4 Å². The molecule has 0 saturated carbocycles. The number of rotatable bonds is 13. The summed E-state index contributed by atoms with van der Waals surface area (Å²) in [5, 5.41) is 15.5. The number of amides is 1. The molecule has 1 amide bonds. The molecule has 7 N–H and O–H groups in total. The average Bonchev–Trinajstić information content (AvgIpc) is 2.96. The van der Waals surface area contributed by atoms with Gasteiger partial charge in [-0.1, -0.05) is 18.2 Å². The maximum atomic E-state index is 12.9. The van der Waals surface area contributed by atoms with E-state index in [2.05, 4.69) is 20.5 Å².